The molecule has 1 heterocycles. The van der Waals surface area contributed by atoms with Crippen LogP contribution in [0.3, 0.4) is 0 Å². The van der Waals surface area contributed by atoms with Crippen LogP contribution in [0.4, 0.5) is 23.5 Å². The number of nitrogens with one attached hydrogen (secondary N) is 1. The van der Waals surface area contributed by atoms with Crippen molar-refractivity contribution in [2.75, 3.05) is 19.5 Å². The van der Waals surface area contributed by atoms with Gasteiger partial charge in [-0.25, -0.2) is 9.37 Å². The molecule has 0 saturated heterocycles. The summed E-state index contributed by atoms with van der Waals surface area (Å²) >= 11 is 0. The van der Waals surface area contributed by atoms with Gasteiger partial charge in [0.15, 0.2) is 5.69 Å². The number of nitrogens with two attached hydrogens (primary N) is 1. The third-order valence-corrected chi connectivity index (χ3v) is 6.58. The first-order valence-corrected chi connectivity index (χ1v) is 12.0. The van der Waals surface area contributed by atoms with E-state index >= 15 is 0 Å². The molecule has 4 rings (SSSR count). The molecule has 2 atom stereocenters. The second-order valence-corrected chi connectivity index (χ2v) is 9.10. The zero-order chi connectivity index (χ0) is 26.1. The van der Waals surface area contributed by atoms with Crippen molar-refractivity contribution in [3.8, 4) is 5.88 Å². The number of methoxy groups -OCH3 is 1. The number of halogens is 4. The molecule has 1 aromatic heterocycles. The molecule has 0 bridgehead atoms. The summed E-state index contributed by atoms with van der Waals surface area (Å²) in [6, 6.07) is 4.70. The number of anilines is 1. The van der Waals surface area contributed by atoms with E-state index in [2.05, 4.69) is 15.3 Å². The van der Waals surface area contributed by atoms with Gasteiger partial charge in [0.1, 0.15) is 12.4 Å². The molecule has 0 aliphatic heterocycles. The maximum atomic E-state index is 13.8. The van der Waals surface area contributed by atoms with Crippen LogP contribution in [0.15, 0.2) is 24.3 Å². The number of rotatable bonds is 8. The van der Waals surface area contributed by atoms with Crippen LogP contribution >= 0.6 is 0 Å². The summed E-state index contributed by atoms with van der Waals surface area (Å²) in [5, 5.41) is 2.32. The Morgan fingerprint density at radius 2 is 1.81 bits per heavy atom. The number of carbonyl (C=O) groups excluding carboxylic acids is 1. The number of fused-ring (bicyclic) bond motifs is 1. The summed E-state index contributed by atoms with van der Waals surface area (Å²) in [5.41, 5.74) is 4.62. The molecule has 198 valence electrons. The first kappa shape index (κ1) is 27.6. The van der Waals surface area contributed by atoms with E-state index in [9.17, 15) is 22.4 Å². The fourth-order valence-corrected chi connectivity index (χ4v) is 4.73. The van der Waals surface area contributed by atoms with Crippen molar-refractivity contribution >= 4 is 12.4 Å². The molecule has 1 aromatic carbocycles. The number of alkyl halides is 3. The Bertz CT molecular complexity index is 985. The molecule has 0 radical (unpaired) electrons. The van der Waals surface area contributed by atoms with Gasteiger partial charge in [-0.1, -0.05) is 37.8 Å². The molecule has 11 heteroatoms. The average Bonchev–Trinajstić information content (AvgIpc) is 3.45. The number of carbonyl (C=O) groups is 1. The van der Waals surface area contributed by atoms with E-state index in [1.54, 1.807) is 0 Å². The fraction of sp³-hybridized carbons (Fsp3) is 0.560. The Morgan fingerprint density at radius 3 is 2.39 bits per heavy atom. The molecule has 2 saturated carbocycles. The highest BCUT2D eigenvalue weighted by Crippen LogP contribution is 2.53. The Kier molecular flexibility index (Phi) is 9.86. The fourth-order valence-electron chi connectivity index (χ4n) is 4.73. The standard InChI is InChI=1S/C14H12F4N4O2.C11H20O/c15-10-3-8(1-2-9(10)5-20-7-23)6-24-12-4-11(14(16,17)18)21-13(19)22-12;1-12-8-11-9-6-4-2-3-5-7-10(9)11/h1-4,7H,5-6H2,(H,20,23)(H2,19,21,22);9-11H,2-8H2,1H3. The second-order valence-electron chi connectivity index (χ2n) is 9.10. The minimum Gasteiger partial charge on any atom is -0.473 e. The van der Waals surface area contributed by atoms with Gasteiger partial charge in [-0.2, -0.15) is 18.2 Å². The molecule has 7 nitrogen and oxygen atoms in total. The van der Waals surface area contributed by atoms with Crippen LogP contribution in [0.5, 0.6) is 5.88 Å². The third-order valence-electron chi connectivity index (χ3n) is 6.58. The molecule has 2 aliphatic rings. The van der Waals surface area contributed by atoms with Crippen LogP contribution in [-0.2, 0) is 28.9 Å². The number of hydrogen-bond donors (Lipinski definition) is 2. The van der Waals surface area contributed by atoms with Crippen LogP contribution < -0.4 is 15.8 Å². The number of aromatic nitrogens is 2. The van der Waals surface area contributed by atoms with E-state index in [-0.39, 0.29) is 24.6 Å². The number of nitrogen functional groups attached to an aromatic ring is 1. The molecule has 2 fully saturated rings. The van der Waals surface area contributed by atoms with Gasteiger partial charge in [-0.15, -0.1) is 0 Å². The smallest absolute Gasteiger partial charge is 0.433 e. The van der Waals surface area contributed by atoms with E-state index in [1.807, 2.05) is 7.11 Å². The Balaban J connectivity index is 0.000000249. The lowest BCUT2D eigenvalue weighted by Gasteiger charge is -2.10. The molecular weight excluding hydrogens is 480 g/mol. The number of nitrogens with zero attached hydrogens (tertiary/aromatic N) is 2. The molecule has 1 amide bonds. The van der Waals surface area contributed by atoms with E-state index in [4.69, 9.17) is 15.2 Å². The van der Waals surface area contributed by atoms with Crippen LogP contribution in [-0.4, -0.2) is 30.1 Å². The van der Waals surface area contributed by atoms with Gasteiger partial charge < -0.3 is 20.5 Å². The SMILES string of the molecule is COCC1C2CCCCCCC21.Nc1nc(OCc2ccc(CNC=O)c(F)c2)cc(C(F)(F)F)n1. The van der Waals surface area contributed by atoms with Crippen molar-refractivity contribution in [2.45, 2.75) is 57.9 Å². The van der Waals surface area contributed by atoms with Crippen LogP contribution in [0.25, 0.3) is 0 Å². The lowest BCUT2D eigenvalue weighted by atomic mass is 10.0. The van der Waals surface area contributed by atoms with Crippen LogP contribution in [0.2, 0.25) is 0 Å². The van der Waals surface area contributed by atoms with Crippen molar-refractivity contribution in [1.29, 1.82) is 0 Å². The molecule has 3 N–H and O–H groups in total. The second kappa shape index (κ2) is 12.8. The number of hydrogen-bond acceptors (Lipinski definition) is 6. The summed E-state index contributed by atoms with van der Waals surface area (Å²) in [7, 11) is 1.84. The Morgan fingerprint density at radius 1 is 1.11 bits per heavy atom. The van der Waals surface area contributed by atoms with Gasteiger partial charge in [0, 0.05) is 31.9 Å². The minimum absolute atomic E-state index is 0.0217. The van der Waals surface area contributed by atoms with Gasteiger partial charge in [0.2, 0.25) is 18.2 Å². The highest BCUT2D eigenvalue weighted by atomic mass is 19.4. The summed E-state index contributed by atoms with van der Waals surface area (Å²) < 4.78 is 62.0. The minimum atomic E-state index is -4.69. The van der Waals surface area contributed by atoms with E-state index in [1.165, 1.54) is 50.7 Å². The molecular formula is C25H32F4N4O3. The first-order valence-electron chi connectivity index (χ1n) is 12.0. The molecule has 2 aromatic rings. The van der Waals surface area contributed by atoms with Crippen LogP contribution in [0, 0.1) is 23.6 Å². The van der Waals surface area contributed by atoms with Crippen molar-refractivity contribution in [3.05, 3.63) is 46.9 Å². The average molecular weight is 513 g/mol. The quantitative estimate of drug-likeness (QED) is 0.386. The number of ether oxygens (including phenoxy) is 2. The number of benzene rings is 1. The highest BCUT2D eigenvalue weighted by molar-refractivity contribution is 5.46. The topological polar surface area (TPSA) is 99.4 Å². The zero-order valence-electron chi connectivity index (χ0n) is 20.2. The Labute approximate surface area is 207 Å². The van der Waals surface area contributed by atoms with E-state index in [0.717, 1.165) is 30.4 Å². The first-order chi connectivity index (χ1) is 17.2. The van der Waals surface area contributed by atoms with Crippen LogP contribution in [0.1, 0.15) is 55.3 Å². The Hall–Kier alpha value is -2.95. The van der Waals surface area contributed by atoms with Crippen molar-refractivity contribution in [2.24, 2.45) is 17.8 Å². The highest BCUT2D eigenvalue weighted by Gasteiger charge is 2.48. The normalized spacial score (nSPS) is 21.2. The predicted molar refractivity (Wildman–Crippen MR) is 125 cm³/mol. The molecule has 2 aliphatic carbocycles. The van der Waals surface area contributed by atoms with Crippen molar-refractivity contribution in [1.82, 2.24) is 15.3 Å². The summed E-state index contributed by atoms with van der Waals surface area (Å²) in [6.45, 7) is 0.829. The van der Waals surface area contributed by atoms with Gasteiger partial charge >= 0.3 is 6.18 Å². The van der Waals surface area contributed by atoms with Crippen molar-refractivity contribution in [3.63, 3.8) is 0 Å². The third kappa shape index (κ3) is 8.04. The monoisotopic (exact) mass is 512 g/mol. The van der Waals surface area contributed by atoms with Gasteiger partial charge in [-0.3, -0.25) is 4.79 Å². The maximum Gasteiger partial charge on any atom is 0.433 e. The molecule has 0 spiro atoms. The van der Waals surface area contributed by atoms with Gasteiger partial charge in [0.25, 0.3) is 0 Å². The lowest BCUT2D eigenvalue weighted by Crippen LogP contribution is -2.12. The molecule has 2 unspecified atom stereocenters. The largest absolute Gasteiger partial charge is 0.473 e. The van der Waals surface area contributed by atoms with E-state index < -0.39 is 23.6 Å². The van der Waals surface area contributed by atoms with Gasteiger partial charge in [-0.05, 0) is 42.2 Å². The van der Waals surface area contributed by atoms with E-state index in [0.29, 0.717) is 18.0 Å². The number of amides is 1. The summed E-state index contributed by atoms with van der Waals surface area (Å²) in [6.07, 6.45) is 4.62. The van der Waals surface area contributed by atoms with Gasteiger partial charge in [0.05, 0.1) is 0 Å². The summed E-state index contributed by atoms with van der Waals surface area (Å²) in [5.74, 6) is 1.50. The maximum absolute atomic E-state index is 13.8. The zero-order valence-corrected chi connectivity index (χ0v) is 20.2. The lowest BCUT2D eigenvalue weighted by molar-refractivity contribution is -0.141. The summed E-state index contributed by atoms with van der Waals surface area (Å²) in [4.78, 5) is 16.8. The molecule has 36 heavy (non-hydrogen) atoms. The predicted octanol–water partition coefficient (Wildman–Crippen LogP) is 4.89. The van der Waals surface area contributed by atoms with Crippen molar-refractivity contribution < 1.29 is 31.8 Å².